The van der Waals surface area contributed by atoms with Crippen LogP contribution < -0.4 is 5.32 Å². The molecule has 0 aromatic heterocycles. The van der Waals surface area contributed by atoms with E-state index in [9.17, 15) is 15.0 Å². The number of nitrogens with one attached hydrogen (secondary N) is 1. The highest BCUT2D eigenvalue weighted by molar-refractivity contribution is 5.94. The Morgan fingerprint density at radius 3 is 2.67 bits per heavy atom. The number of amides is 1. The van der Waals surface area contributed by atoms with Gasteiger partial charge >= 0.3 is 0 Å². The minimum Gasteiger partial charge on any atom is -0.508 e. The number of rotatable bonds is 3. The molecule has 0 radical (unpaired) electrons. The summed E-state index contributed by atoms with van der Waals surface area (Å²) in [7, 11) is 0. The molecule has 0 unspecified atom stereocenters. The fraction of sp³-hybridized carbons (Fsp3) is 0.500. The lowest BCUT2D eigenvalue weighted by atomic mass is 10.0. The van der Waals surface area contributed by atoms with Gasteiger partial charge in [-0.3, -0.25) is 4.79 Å². The van der Waals surface area contributed by atoms with Crippen LogP contribution in [0, 0.1) is 6.92 Å². The molecule has 0 spiro atoms. The fourth-order valence-corrected chi connectivity index (χ4v) is 2.31. The van der Waals surface area contributed by atoms with Gasteiger partial charge in [-0.15, -0.1) is 0 Å². The first-order chi connectivity index (χ1) is 8.50. The molecule has 1 fully saturated rings. The molecule has 0 saturated heterocycles. The second kappa shape index (κ2) is 4.98. The maximum atomic E-state index is 11.9. The third-order valence-electron chi connectivity index (χ3n) is 3.58. The highest BCUT2D eigenvalue weighted by atomic mass is 16.3. The van der Waals surface area contributed by atoms with Gasteiger partial charge in [-0.1, -0.05) is 18.9 Å². The summed E-state index contributed by atoms with van der Waals surface area (Å²) in [5, 5.41) is 22.4. The molecule has 4 nitrogen and oxygen atoms in total. The van der Waals surface area contributed by atoms with Crippen molar-refractivity contribution in [2.45, 2.75) is 38.2 Å². The van der Waals surface area contributed by atoms with Crippen LogP contribution in [0.4, 0.5) is 0 Å². The van der Waals surface area contributed by atoms with E-state index in [-0.39, 0.29) is 18.2 Å². The van der Waals surface area contributed by atoms with Gasteiger partial charge in [-0.25, -0.2) is 0 Å². The van der Waals surface area contributed by atoms with E-state index in [1.54, 1.807) is 19.1 Å². The van der Waals surface area contributed by atoms with Gasteiger partial charge in [0.1, 0.15) is 5.75 Å². The molecule has 1 aromatic carbocycles. The monoisotopic (exact) mass is 249 g/mol. The molecule has 98 valence electrons. The average molecular weight is 249 g/mol. The summed E-state index contributed by atoms with van der Waals surface area (Å²) in [6.07, 6.45) is 3.51. The summed E-state index contributed by atoms with van der Waals surface area (Å²) in [6.45, 7) is 2.05. The normalized spacial score (nSPS) is 17.7. The van der Waals surface area contributed by atoms with Crippen LogP contribution in [0.2, 0.25) is 0 Å². The van der Waals surface area contributed by atoms with E-state index in [4.69, 9.17) is 0 Å². The van der Waals surface area contributed by atoms with Crippen LogP contribution in [-0.4, -0.2) is 28.3 Å². The number of aryl methyl sites for hydroxylation is 1. The van der Waals surface area contributed by atoms with Gasteiger partial charge in [0.25, 0.3) is 5.91 Å². The third-order valence-corrected chi connectivity index (χ3v) is 3.58. The lowest BCUT2D eigenvalue weighted by Gasteiger charge is -2.22. The van der Waals surface area contributed by atoms with E-state index in [0.717, 1.165) is 31.2 Å². The Morgan fingerprint density at radius 1 is 1.39 bits per heavy atom. The number of aromatic hydroxyl groups is 1. The Balaban J connectivity index is 1.97. The topological polar surface area (TPSA) is 69.6 Å². The molecular weight excluding hydrogens is 230 g/mol. The third kappa shape index (κ3) is 2.82. The van der Waals surface area contributed by atoms with Crippen LogP contribution in [0.25, 0.3) is 0 Å². The predicted octanol–water partition coefficient (Wildman–Crippen LogP) is 1.74. The molecule has 1 saturated carbocycles. The maximum Gasteiger partial charge on any atom is 0.251 e. The Labute approximate surface area is 107 Å². The van der Waals surface area contributed by atoms with Gasteiger partial charge < -0.3 is 15.5 Å². The van der Waals surface area contributed by atoms with Crippen molar-refractivity contribution in [3.05, 3.63) is 29.3 Å². The predicted molar refractivity (Wildman–Crippen MR) is 68.6 cm³/mol. The van der Waals surface area contributed by atoms with Crippen LogP contribution in [0.15, 0.2) is 18.2 Å². The largest absolute Gasteiger partial charge is 0.508 e. The summed E-state index contributed by atoms with van der Waals surface area (Å²) in [5.74, 6) is -0.146. The Kier molecular flexibility index (Phi) is 3.57. The van der Waals surface area contributed by atoms with Crippen molar-refractivity contribution in [1.29, 1.82) is 0 Å². The van der Waals surface area contributed by atoms with Crippen molar-refractivity contribution in [3.8, 4) is 5.75 Å². The summed E-state index contributed by atoms with van der Waals surface area (Å²) in [6, 6.07) is 4.82. The Bertz CT molecular complexity index is 450. The Hall–Kier alpha value is -1.55. The zero-order valence-electron chi connectivity index (χ0n) is 10.6. The maximum absolute atomic E-state index is 11.9. The Morgan fingerprint density at radius 2 is 2.06 bits per heavy atom. The number of aliphatic hydroxyl groups is 1. The van der Waals surface area contributed by atoms with E-state index in [1.807, 2.05) is 0 Å². The highest BCUT2D eigenvalue weighted by Crippen LogP contribution is 2.28. The first kappa shape index (κ1) is 12.9. The number of phenols is 1. The first-order valence-electron chi connectivity index (χ1n) is 6.30. The molecule has 0 heterocycles. The molecule has 2 rings (SSSR count). The van der Waals surface area contributed by atoms with Crippen molar-refractivity contribution in [3.63, 3.8) is 0 Å². The smallest absolute Gasteiger partial charge is 0.251 e. The second-order valence-electron chi connectivity index (χ2n) is 5.12. The summed E-state index contributed by atoms with van der Waals surface area (Å²) in [5.41, 5.74) is 0.406. The molecule has 1 aliphatic carbocycles. The minimum atomic E-state index is -0.748. The van der Waals surface area contributed by atoms with Gasteiger partial charge in [-0.05, 0) is 37.5 Å². The number of carbonyl (C=O) groups excluding carboxylic acids is 1. The molecule has 18 heavy (non-hydrogen) atoms. The zero-order valence-corrected chi connectivity index (χ0v) is 10.6. The SMILES string of the molecule is Cc1ccc(C(=O)NCC2(O)CCCC2)cc1O. The first-order valence-corrected chi connectivity index (χ1v) is 6.30. The van der Waals surface area contributed by atoms with Crippen LogP contribution in [0.3, 0.4) is 0 Å². The van der Waals surface area contributed by atoms with Crippen LogP contribution in [-0.2, 0) is 0 Å². The lowest BCUT2D eigenvalue weighted by Crippen LogP contribution is -2.40. The molecular formula is C14H19NO3. The summed E-state index contributed by atoms with van der Waals surface area (Å²) in [4.78, 5) is 11.9. The van der Waals surface area contributed by atoms with E-state index >= 15 is 0 Å². The van der Waals surface area contributed by atoms with Gasteiger partial charge in [-0.2, -0.15) is 0 Å². The molecule has 0 bridgehead atoms. The molecule has 0 atom stereocenters. The highest BCUT2D eigenvalue weighted by Gasteiger charge is 2.31. The van der Waals surface area contributed by atoms with E-state index < -0.39 is 5.60 Å². The molecule has 1 aliphatic rings. The molecule has 1 amide bonds. The quantitative estimate of drug-likeness (QED) is 0.764. The van der Waals surface area contributed by atoms with Crippen LogP contribution in [0.5, 0.6) is 5.75 Å². The van der Waals surface area contributed by atoms with Crippen molar-refractivity contribution in [2.75, 3.05) is 6.54 Å². The van der Waals surface area contributed by atoms with Gasteiger partial charge in [0.2, 0.25) is 0 Å². The molecule has 1 aromatic rings. The van der Waals surface area contributed by atoms with Crippen molar-refractivity contribution >= 4 is 5.91 Å². The molecule has 0 aliphatic heterocycles. The number of hydrogen-bond donors (Lipinski definition) is 3. The number of hydrogen-bond acceptors (Lipinski definition) is 3. The second-order valence-corrected chi connectivity index (χ2v) is 5.12. The standard InChI is InChI=1S/C14H19NO3/c1-10-4-5-11(8-12(10)16)13(17)15-9-14(18)6-2-3-7-14/h4-5,8,16,18H,2-3,6-7,9H2,1H3,(H,15,17). The van der Waals surface area contributed by atoms with Crippen LogP contribution in [0.1, 0.15) is 41.6 Å². The molecule has 4 heteroatoms. The van der Waals surface area contributed by atoms with Gasteiger partial charge in [0, 0.05) is 12.1 Å². The van der Waals surface area contributed by atoms with Crippen molar-refractivity contribution in [1.82, 2.24) is 5.32 Å². The van der Waals surface area contributed by atoms with Gasteiger partial charge in [0.05, 0.1) is 5.60 Å². The number of benzene rings is 1. The van der Waals surface area contributed by atoms with E-state index in [0.29, 0.717) is 5.56 Å². The summed E-state index contributed by atoms with van der Waals surface area (Å²) < 4.78 is 0. The van der Waals surface area contributed by atoms with Gasteiger partial charge in [0.15, 0.2) is 0 Å². The van der Waals surface area contributed by atoms with Crippen molar-refractivity contribution < 1.29 is 15.0 Å². The van der Waals surface area contributed by atoms with E-state index in [1.165, 1.54) is 6.07 Å². The average Bonchev–Trinajstić information content (AvgIpc) is 2.77. The fourth-order valence-electron chi connectivity index (χ4n) is 2.31. The van der Waals surface area contributed by atoms with E-state index in [2.05, 4.69) is 5.32 Å². The molecule has 3 N–H and O–H groups in total. The van der Waals surface area contributed by atoms with Crippen molar-refractivity contribution in [2.24, 2.45) is 0 Å². The number of phenolic OH excluding ortho intramolecular Hbond substituents is 1. The minimum absolute atomic E-state index is 0.113. The summed E-state index contributed by atoms with van der Waals surface area (Å²) >= 11 is 0. The van der Waals surface area contributed by atoms with Crippen LogP contribution >= 0.6 is 0 Å². The zero-order chi connectivity index (χ0) is 13.2. The lowest BCUT2D eigenvalue weighted by molar-refractivity contribution is 0.0449. The number of carbonyl (C=O) groups is 1.